The third-order valence-corrected chi connectivity index (χ3v) is 2.31. The molecule has 0 amide bonds. The zero-order valence-electron chi connectivity index (χ0n) is 7.38. The van der Waals surface area contributed by atoms with E-state index < -0.39 is 6.29 Å². The van der Waals surface area contributed by atoms with Crippen molar-refractivity contribution in [1.29, 1.82) is 0 Å². The summed E-state index contributed by atoms with van der Waals surface area (Å²) in [6.07, 6.45) is -0.630. The van der Waals surface area contributed by atoms with E-state index in [1.54, 1.807) is 12.1 Å². The highest BCUT2D eigenvalue weighted by Gasteiger charge is 2.14. The van der Waals surface area contributed by atoms with Crippen molar-refractivity contribution >= 4 is 22.6 Å². The van der Waals surface area contributed by atoms with Gasteiger partial charge in [0.1, 0.15) is 5.82 Å². The van der Waals surface area contributed by atoms with Gasteiger partial charge in [-0.1, -0.05) is 0 Å². The molecule has 0 spiro atoms. The molecule has 13 heavy (non-hydrogen) atoms. The molecule has 4 heteroatoms. The van der Waals surface area contributed by atoms with Gasteiger partial charge in [-0.2, -0.15) is 0 Å². The topological polar surface area (TPSA) is 18.5 Å². The summed E-state index contributed by atoms with van der Waals surface area (Å²) in [5, 5.41) is 0. The molecule has 1 rings (SSSR count). The van der Waals surface area contributed by atoms with Crippen LogP contribution in [0.2, 0.25) is 0 Å². The first-order chi connectivity index (χ1) is 6.19. The third-order valence-electron chi connectivity index (χ3n) is 1.64. The van der Waals surface area contributed by atoms with E-state index in [9.17, 15) is 4.39 Å². The summed E-state index contributed by atoms with van der Waals surface area (Å²) in [7, 11) is 2.96. The lowest BCUT2D eigenvalue weighted by molar-refractivity contribution is -0.107. The monoisotopic (exact) mass is 296 g/mol. The quantitative estimate of drug-likeness (QED) is 0.631. The Morgan fingerprint density at radius 2 is 1.92 bits per heavy atom. The molecule has 0 aliphatic carbocycles. The van der Waals surface area contributed by atoms with Crippen molar-refractivity contribution < 1.29 is 13.9 Å². The molecule has 0 N–H and O–H groups in total. The maximum atomic E-state index is 13.2. The molecule has 0 aromatic heterocycles. The van der Waals surface area contributed by atoms with Crippen LogP contribution in [0.3, 0.4) is 0 Å². The molecule has 0 atom stereocenters. The predicted octanol–water partition coefficient (Wildman–Crippen LogP) is 2.72. The fourth-order valence-corrected chi connectivity index (χ4v) is 1.56. The Balaban J connectivity index is 3.03. The molecule has 0 fully saturated rings. The molecular weight excluding hydrogens is 286 g/mol. The van der Waals surface area contributed by atoms with Crippen LogP contribution in [-0.4, -0.2) is 14.2 Å². The van der Waals surface area contributed by atoms with Crippen LogP contribution in [0.5, 0.6) is 0 Å². The average Bonchev–Trinajstić information content (AvgIpc) is 2.13. The Labute approximate surface area is 90.2 Å². The van der Waals surface area contributed by atoms with Crippen LogP contribution in [-0.2, 0) is 9.47 Å². The molecule has 0 saturated carbocycles. The summed E-state index contributed by atoms with van der Waals surface area (Å²) >= 11 is 2.11. The Morgan fingerprint density at radius 3 is 2.46 bits per heavy atom. The lowest BCUT2D eigenvalue weighted by atomic mass is 10.2. The van der Waals surface area contributed by atoms with Gasteiger partial charge >= 0.3 is 0 Å². The van der Waals surface area contributed by atoms with E-state index in [-0.39, 0.29) is 5.82 Å². The number of benzene rings is 1. The van der Waals surface area contributed by atoms with E-state index in [1.807, 2.05) is 0 Å². The normalized spacial score (nSPS) is 10.8. The smallest absolute Gasteiger partial charge is 0.185 e. The molecule has 0 heterocycles. The summed E-state index contributed by atoms with van der Waals surface area (Å²) in [4.78, 5) is 0. The number of ether oxygens (including phenoxy) is 2. The van der Waals surface area contributed by atoms with Crippen LogP contribution in [0, 0.1) is 9.39 Å². The summed E-state index contributed by atoms with van der Waals surface area (Å²) in [6, 6.07) is 4.80. The number of hydrogen-bond donors (Lipinski definition) is 0. The first-order valence-electron chi connectivity index (χ1n) is 3.69. The first-order valence-corrected chi connectivity index (χ1v) is 4.77. The van der Waals surface area contributed by atoms with Crippen LogP contribution in [0.1, 0.15) is 11.9 Å². The highest BCUT2D eigenvalue weighted by molar-refractivity contribution is 14.1. The van der Waals surface area contributed by atoms with Gasteiger partial charge in [-0.15, -0.1) is 0 Å². The summed E-state index contributed by atoms with van der Waals surface area (Å²) in [5.41, 5.74) is 0.428. The summed E-state index contributed by atoms with van der Waals surface area (Å²) in [6.45, 7) is 0. The Bertz CT molecular complexity index is 287. The molecule has 0 unspecified atom stereocenters. The van der Waals surface area contributed by atoms with Crippen molar-refractivity contribution in [3.05, 3.63) is 33.1 Å². The molecule has 0 aliphatic heterocycles. The summed E-state index contributed by atoms with van der Waals surface area (Å²) in [5.74, 6) is -0.311. The van der Waals surface area contributed by atoms with Gasteiger partial charge in [0.05, 0.1) is 0 Å². The van der Waals surface area contributed by atoms with Crippen molar-refractivity contribution in [1.82, 2.24) is 0 Å². The second-order valence-electron chi connectivity index (χ2n) is 2.47. The summed E-state index contributed by atoms with van der Waals surface area (Å²) < 4.78 is 24.1. The zero-order chi connectivity index (χ0) is 9.84. The Hall–Kier alpha value is -0.200. The molecule has 1 aromatic carbocycles. The highest BCUT2D eigenvalue weighted by Crippen LogP contribution is 2.22. The van der Waals surface area contributed by atoms with E-state index in [0.717, 1.165) is 3.57 Å². The van der Waals surface area contributed by atoms with Gasteiger partial charge in [-0.05, 0) is 40.8 Å². The fourth-order valence-electron chi connectivity index (χ4n) is 1.05. The fraction of sp³-hybridized carbons (Fsp3) is 0.333. The van der Waals surface area contributed by atoms with Gasteiger partial charge in [0, 0.05) is 23.4 Å². The second kappa shape index (κ2) is 4.88. The molecular formula is C9H10FIO2. The third kappa shape index (κ3) is 2.62. The highest BCUT2D eigenvalue weighted by atomic mass is 127. The number of halogens is 2. The first kappa shape index (κ1) is 10.9. The largest absolute Gasteiger partial charge is 0.352 e. The maximum Gasteiger partial charge on any atom is 0.185 e. The van der Waals surface area contributed by atoms with Crippen LogP contribution in [0.4, 0.5) is 4.39 Å². The minimum absolute atomic E-state index is 0.311. The Kier molecular flexibility index (Phi) is 4.08. The number of rotatable bonds is 3. The minimum Gasteiger partial charge on any atom is -0.352 e. The lowest BCUT2D eigenvalue weighted by Gasteiger charge is -2.14. The van der Waals surface area contributed by atoms with E-state index in [2.05, 4.69) is 22.6 Å². The molecule has 72 valence electrons. The van der Waals surface area contributed by atoms with E-state index >= 15 is 0 Å². The molecule has 2 nitrogen and oxygen atoms in total. The average molecular weight is 296 g/mol. The maximum absolute atomic E-state index is 13.2. The van der Waals surface area contributed by atoms with Gasteiger partial charge in [0.25, 0.3) is 0 Å². The van der Waals surface area contributed by atoms with Crippen molar-refractivity contribution in [2.24, 2.45) is 0 Å². The van der Waals surface area contributed by atoms with Crippen LogP contribution in [0.25, 0.3) is 0 Å². The molecule has 0 saturated heterocycles. The van der Waals surface area contributed by atoms with Gasteiger partial charge < -0.3 is 9.47 Å². The zero-order valence-corrected chi connectivity index (χ0v) is 9.54. The van der Waals surface area contributed by atoms with E-state index in [1.165, 1.54) is 20.3 Å². The van der Waals surface area contributed by atoms with Crippen LogP contribution >= 0.6 is 22.6 Å². The minimum atomic E-state index is -0.630. The van der Waals surface area contributed by atoms with E-state index in [0.29, 0.717) is 5.56 Å². The van der Waals surface area contributed by atoms with E-state index in [4.69, 9.17) is 9.47 Å². The van der Waals surface area contributed by atoms with Crippen LogP contribution in [0.15, 0.2) is 18.2 Å². The molecule has 0 radical (unpaired) electrons. The number of methoxy groups -OCH3 is 2. The van der Waals surface area contributed by atoms with Crippen molar-refractivity contribution in [2.45, 2.75) is 6.29 Å². The second-order valence-corrected chi connectivity index (χ2v) is 3.71. The Morgan fingerprint density at radius 1 is 1.31 bits per heavy atom. The van der Waals surface area contributed by atoms with Crippen LogP contribution < -0.4 is 0 Å². The van der Waals surface area contributed by atoms with Crippen molar-refractivity contribution in [2.75, 3.05) is 14.2 Å². The van der Waals surface area contributed by atoms with Gasteiger partial charge in [0.15, 0.2) is 6.29 Å². The van der Waals surface area contributed by atoms with Gasteiger partial charge in [-0.25, -0.2) is 4.39 Å². The molecule has 0 aliphatic rings. The SMILES string of the molecule is COC(OC)c1cc(I)ccc1F. The van der Waals surface area contributed by atoms with Crippen molar-refractivity contribution in [3.63, 3.8) is 0 Å². The number of hydrogen-bond acceptors (Lipinski definition) is 2. The predicted molar refractivity (Wildman–Crippen MR) is 55.9 cm³/mol. The molecule has 1 aromatic rings. The standard InChI is InChI=1S/C9H10FIO2/c1-12-9(13-2)7-5-6(11)3-4-8(7)10/h3-5,9H,1-2H3. The van der Waals surface area contributed by atoms with Gasteiger partial charge in [0.2, 0.25) is 0 Å². The van der Waals surface area contributed by atoms with Crippen molar-refractivity contribution in [3.8, 4) is 0 Å². The lowest BCUT2D eigenvalue weighted by Crippen LogP contribution is -2.06. The molecule has 0 bridgehead atoms. The van der Waals surface area contributed by atoms with Gasteiger partial charge in [-0.3, -0.25) is 0 Å².